The summed E-state index contributed by atoms with van der Waals surface area (Å²) in [5, 5.41) is 0. The second-order valence-corrected chi connectivity index (χ2v) is 5.93. The van der Waals surface area contributed by atoms with Gasteiger partial charge in [-0.15, -0.1) is 4.52 Å². The normalized spacial score (nSPS) is 11.7. The molecular weight excluding hydrogens is 203 g/mol. The number of rotatable bonds is 9. The van der Waals surface area contributed by atoms with E-state index in [2.05, 4.69) is 6.92 Å². The third kappa shape index (κ3) is 10.3. The summed E-state index contributed by atoms with van der Waals surface area (Å²) in [6.45, 7) is 4.63. The van der Waals surface area contributed by atoms with E-state index in [0.29, 0.717) is 6.61 Å². The number of hydrogen-bond donors (Lipinski definition) is 0. The van der Waals surface area contributed by atoms with Crippen LogP contribution in [0, 0.1) is 0 Å². The van der Waals surface area contributed by atoms with Crippen LogP contribution in [-0.4, -0.2) is 12.4 Å². The summed E-state index contributed by atoms with van der Waals surface area (Å²) in [7, 11) is -1.44. The second-order valence-electron chi connectivity index (χ2n) is 2.89. The molecule has 1 atom stereocenters. The Balaban J connectivity index is 3.02. The molecule has 1 unspecified atom stereocenters. The highest BCUT2D eigenvalue weighted by molar-refractivity contribution is 8.50. The van der Waals surface area contributed by atoms with E-state index in [0.717, 1.165) is 5.75 Å². The Kier molecular flexibility index (Phi) is 10.8. The molecule has 0 heterocycles. The predicted molar refractivity (Wildman–Crippen MR) is 60.4 cm³/mol. The van der Waals surface area contributed by atoms with Gasteiger partial charge >= 0.3 is 7.23 Å². The van der Waals surface area contributed by atoms with Crippen molar-refractivity contribution in [3.05, 3.63) is 0 Å². The van der Waals surface area contributed by atoms with Crippen molar-refractivity contribution in [1.29, 1.82) is 0 Å². The molecule has 0 aliphatic heterocycles. The van der Waals surface area contributed by atoms with E-state index >= 15 is 0 Å². The van der Waals surface area contributed by atoms with E-state index in [1.807, 2.05) is 6.92 Å². The molecule has 0 spiro atoms. The summed E-state index contributed by atoms with van der Waals surface area (Å²) < 4.78 is 16.0. The van der Waals surface area contributed by atoms with E-state index in [4.69, 9.17) is 4.52 Å². The van der Waals surface area contributed by atoms with Crippen LogP contribution in [-0.2, 0) is 9.09 Å². The van der Waals surface area contributed by atoms with Crippen LogP contribution in [0.2, 0.25) is 0 Å². The maximum absolute atomic E-state index is 11.0. The summed E-state index contributed by atoms with van der Waals surface area (Å²) in [5.74, 6) is 0.971. The van der Waals surface area contributed by atoms with Crippen molar-refractivity contribution in [2.45, 2.75) is 46.0 Å². The Hall–Kier alpha value is 0.410. The summed E-state index contributed by atoms with van der Waals surface area (Å²) in [4.78, 5) is 0. The highest BCUT2D eigenvalue weighted by Crippen LogP contribution is 2.39. The monoisotopic (exact) mass is 223 g/mol. The molecule has 0 aromatic rings. The average Bonchev–Trinajstić information content (AvgIpc) is 2.11. The van der Waals surface area contributed by atoms with Gasteiger partial charge in [0.05, 0.1) is 0 Å². The maximum Gasteiger partial charge on any atom is 0.585 e. The highest BCUT2D eigenvalue weighted by Gasteiger charge is 2.17. The fraction of sp³-hybridized carbons (Fsp3) is 1.00. The predicted octanol–water partition coefficient (Wildman–Crippen LogP) is 4.38. The van der Waals surface area contributed by atoms with E-state index in [-0.39, 0.29) is 0 Å². The van der Waals surface area contributed by atoms with Gasteiger partial charge in [0, 0.05) is 5.75 Å². The van der Waals surface area contributed by atoms with Crippen molar-refractivity contribution < 1.29 is 9.09 Å². The first-order valence-corrected chi connectivity index (χ1v) is 7.81. The van der Waals surface area contributed by atoms with Gasteiger partial charge < -0.3 is 0 Å². The van der Waals surface area contributed by atoms with Gasteiger partial charge in [-0.3, -0.25) is 0 Å². The van der Waals surface area contributed by atoms with E-state index in [1.54, 1.807) is 0 Å². The largest absolute Gasteiger partial charge is 0.585 e. The van der Waals surface area contributed by atoms with Gasteiger partial charge in [0.2, 0.25) is 0 Å². The fourth-order valence-corrected chi connectivity index (χ4v) is 3.13. The Morgan fingerprint density at radius 2 is 1.85 bits per heavy atom. The second kappa shape index (κ2) is 10.5. The molecule has 0 saturated carbocycles. The third-order valence-corrected chi connectivity index (χ3v) is 4.33. The first-order valence-electron chi connectivity index (χ1n) is 5.04. The lowest BCUT2D eigenvalue weighted by Crippen LogP contribution is -1.81. The smallest absolute Gasteiger partial charge is 0.136 e. The fourth-order valence-electron chi connectivity index (χ4n) is 0.987. The first kappa shape index (κ1) is 13.4. The van der Waals surface area contributed by atoms with E-state index < -0.39 is 7.23 Å². The highest BCUT2D eigenvalue weighted by atomic mass is 32.7. The summed E-state index contributed by atoms with van der Waals surface area (Å²) in [5.41, 5.74) is 0. The van der Waals surface area contributed by atoms with Crippen LogP contribution in [0.4, 0.5) is 0 Å². The molecule has 78 valence electrons. The Labute approximate surface area is 86.4 Å². The van der Waals surface area contributed by atoms with Gasteiger partial charge in [0.25, 0.3) is 0 Å². The number of hydrogen-bond acceptors (Lipinski definition) is 3. The van der Waals surface area contributed by atoms with Crippen molar-refractivity contribution in [3.63, 3.8) is 0 Å². The van der Waals surface area contributed by atoms with Crippen molar-refractivity contribution in [2.24, 2.45) is 0 Å². The lowest BCUT2D eigenvalue weighted by atomic mass is 10.2. The van der Waals surface area contributed by atoms with Gasteiger partial charge in [-0.25, -0.2) is 0 Å². The van der Waals surface area contributed by atoms with Crippen molar-refractivity contribution in [3.8, 4) is 0 Å². The molecule has 0 radical (unpaired) electrons. The molecule has 0 aromatic carbocycles. The molecule has 0 bridgehead atoms. The molecule has 2 nitrogen and oxygen atoms in total. The van der Waals surface area contributed by atoms with Crippen LogP contribution in [0.5, 0.6) is 0 Å². The molecule has 4 heteroatoms. The van der Waals surface area contributed by atoms with Gasteiger partial charge in [-0.1, -0.05) is 32.6 Å². The van der Waals surface area contributed by atoms with Crippen molar-refractivity contribution >= 4 is 18.6 Å². The Morgan fingerprint density at radius 1 is 1.15 bits per heavy atom. The van der Waals surface area contributed by atoms with Gasteiger partial charge in [-0.2, -0.15) is 0 Å². The quantitative estimate of drug-likeness (QED) is 0.428. The lowest BCUT2D eigenvalue weighted by molar-refractivity contribution is 0.361. The molecule has 0 N–H and O–H groups in total. The number of unbranched alkanes of at least 4 members (excludes halogenated alkanes) is 4. The van der Waals surface area contributed by atoms with Crippen LogP contribution in [0.25, 0.3) is 0 Å². The summed E-state index contributed by atoms with van der Waals surface area (Å²) >= 11 is 1.45. The topological polar surface area (TPSA) is 26.3 Å². The zero-order valence-corrected chi connectivity index (χ0v) is 10.3. The Bertz CT molecular complexity index is 131. The van der Waals surface area contributed by atoms with Gasteiger partial charge in [0.1, 0.15) is 6.61 Å². The van der Waals surface area contributed by atoms with Gasteiger partial charge in [0.15, 0.2) is 11.4 Å². The van der Waals surface area contributed by atoms with Crippen molar-refractivity contribution in [2.75, 3.05) is 12.4 Å². The van der Waals surface area contributed by atoms with E-state index in [1.165, 1.54) is 43.5 Å². The minimum absolute atomic E-state index is 0.554. The van der Waals surface area contributed by atoms with Gasteiger partial charge in [-0.05, 0) is 17.9 Å². The zero-order valence-electron chi connectivity index (χ0n) is 8.62. The standard InChI is InChI=1S/C9H20O2PS/c1-3-5-6-7-8-9-13-12(10)11-4-2/h3-9H2,1-2H3/q+1. The molecular formula is C9H20O2PS+. The molecule has 0 aliphatic carbocycles. The third-order valence-electron chi connectivity index (χ3n) is 1.68. The maximum atomic E-state index is 11.0. The first-order chi connectivity index (χ1) is 6.31. The molecule has 13 heavy (non-hydrogen) atoms. The molecule has 0 saturated heterocycles. The van der Waals surface area contributed by atoms with Crippen LogP contribution >= 0.6 is 18.6 Å². The average molecular weight is 223 g/mol. The SMILES string of the molecule is CCCCCCCS[P+](=O)OCC. The molecule has 0 amide bonds. The Morgan fingerprint density at radius 3 is 2.46 bits per heavy atom. The molecule has 0 aliphatic rings. The molecule has 0 rings (SSSR count). The zero-order chi connectivity index (χ0) is 9.94. The minimum Gasteiger partial charge on any atom is -0.136 e. The molecule has 0 fully saturated rings. The van der Waals surface area contributed by atoms with Crippen LogP contribution in [0.1, 0.15) is 46.0 Å². The summed E-state index contributed by atoms with van der Waals surface area (Å²) in [6.07, 6.45) is 6.33. The summed E-state index contributed by atoms with van der Waals surface area (Å²) in [6, 6.07) is 0. The van der Waals surface area contributed by atoms with Crippen molar-refractivity contribution in [1.82, 2.24) is 0 Å². The lowest BCUT2D eigenvalue weighted by Gasteiger charge is -1.94. The van der Waals surface area contributed by atoms with E-state index in [9.17, 15) is 4.57 Å². The van der Waals surface area contributed by atoms with Crippen LogP contribution in [0.15, 0.2) is 0 Å². The van der Waals surface area contributed by atoms with Crippen LogP contribution < -0.4 is 0 Å². The minimum atomic E-state index is -1.44. The molecule has 0 aromatic heterocycles. The van der Waals surface area contributed by atoms with Crippen LogP contribution in [0.3, 0.4) is 0 Å².